The predicted octanol–water partition coefficient (Wildman–Crippen LogP) is 1.43. The zero-order valence-corrected chi connectivity index (χ0v) is 10.7. The second-order valence-electron chi connectivity index (χ2n) is 3.49. The van der Waals surface area contributed by atoms with Crippen LogP contribution in [0.3, 0.4) is 0 Å². The molecular formula is C11H10FN3O3S. The van der Waals surface area contributed by atoms with Crippen molar-refractivity contribution in [2.24, 2.45) is 0 Å². The fourth-order valence-corrected chi connectivity index (χ4v) is 2.46. The van der Waals surface area contributed by atoms with E-state index in [0.717, 1.165) is 6.07 Å². The monoisotopic (exact) mass is 283 g/mol. The second kappa shape index (κ2) is 5.19. The number of halogens is 1. The van der Waals surface area contributed by atoms with E-state index in [1.807, 2.05) is 0 Å². The molecule has 19 heavy (non-hydrogen) atoms. The van der Waals surface area contributed by atoms with Crippen LogP contribution in [0.1, 0.15) is 0 Å². The van der Waals surface area contributed by atoms with Gasteiger partial charge in [0.05, 0.1) is 25.2 Å². The first-order chi connectivity index (χ1) is 9.03. The van der Waals surface area contributed by atoms with Gasteiger partial charge in [-0.2, -0.15) is 0 Å². The molecule has 1 aromatic heterocycles. The molecule has 0 saturated heterocycles. The fraction of sp³-hybridized carbons (Fsp3) is 0.0909. The highest BCUT2D eigenvalue weighted by atomic mass is 32.2. The molecule has 0 fully saturated rings. The Hall–Kier alpha value is -2.22. The van der Waals surface area contributed by atoms with Crippen LogP contribution in [0.5, 0.6) is 6.01 Å². The van der Waals surface area contributed by atoms with Gasteiger partial charge in [0.25, 0.3) is 10.0 Å². The third-order valence-electron chi connectivity index (χ3n) is 2.19. The summed E-state index contributed by atoms with van der Waals surface area (Å²) in [6, 6.07) is 5.18. The van der Waals surface area contributed by atoms with Crippen molar-refractivity contribution in [2.75, 3.05) is 11.8 Å². The zero-order chi connectivity index (χ0) is 13.9. The summed E-state index contributed by atoms with van der Waals surface area (Å²) < 4.78 is 44.2. The number of ether oxygens (including phenoxy) is 1. The van der Waals surface area contributed by atoms with Crippen LogP contribution in [0.4, 0.5) is 10.1 Å². The predicted molar refractivity (Wildman–Crippen MR) is 65.8 cm³/mol. The summed E-state index contributed by atoms with van der Waals surface area (Å²) >= 11 is 0. The van der Waals surface area contributed by atoms with Gasteiger partial charge in [0.15, 0.2) is 0 Å². The van der Waals surface area contributed by atoms with E-state index < -0.39 is 20.7 Å². The lowest BCUT2D eigenvalue weighted by Crippen LogP contribution is -2.14. The van der Waals surface area contributed by atoms with Crippen LogP contribution in [0.25, 0.3) is 0 Å². The van der Waals surface area contributed by atoms with Crippen molar-refractivity contribution in [3.05, 3.63) is 42.5 Å². The summed E-state index contributed by atoms with van der Waals surface area (Å²) in [6.45, 7) is 0. The molecule has 0 aliphatic rings. The SMILES string of the molecule is COc1ncc(NS(=O)(=O)c2ccccc2F)cn1. The van der Waals surface area contributed by atoms with E-state index in [-0.39, 0.29) is 11.7 Å². The van der Waals surface area contributed by atoms with Gasteiger partial charge in [0.2, 0.25) is 0 Å². The molecule has 8 heteroatoms. The van der Waals surface area contributed by atoms with Crippen LogP contribution >= 0.6 is 0 Å². The Balaban J connectivity index is 2.28. The number of nitrogens with zero attached hydrogens (tertiary/aromatic N) is 2. The van der Waals surface area contributed by atoms with Gasteiger partial charge >= 0.3 is 6.01 Å². The number of anilines is 1. The van der Waals surface area contributed by atoms with Crippen molar-refractivity contribution in [1.82, 2.24) is 9.97 Å². The number of hydrogen-bond acceptors (Lipinski definition) is 5. The lowest BCUT2D eigenvalue weighted by Gasteiger charge is -2.08. The number of hydrogen-bond donors (Lipinski definition) is 1. The van der Waals surface area contributed by atoms with E-state index in [1.165, 1.54) is 37.7 Å². The summed E-state index contributed by atoms with van der Waals surface area (Å²) in [6.07, 6.45) is 2.45. The van der Waals surface area contributed by atoms with Crippen LogP contribution in [-0.4, -0.2) is 25.5 Å². The van der Waals surface area contributed by atoms with Gasteiger partial charge in [-0.25, -0.2) is 22.8 Å². The normalized spacial score (nSPS) is 11.1. The van der Waals surface area contributed by atoms with Crippen LogP contribution in [0, 0.1) is 5.82 Å². The Morgan fingerprint density at radius 3 is 2.42 bits per heavy atom. The van der Waals surface area contributed by atoms with Crippen LogP contribution < -0.4 is 9.46 Å². The Labute approximate surface area is 109 Å². The van der Waals surface area contributed by atoms with E-state index in [0.29, 0.717) is 0 Å². The van der Waals surface area contributed by atoms with E-state index in [9.17, 15) is 12.8 Å². The maximum Gasteiger partial charge on any atom is 0.316 e. The lowest BCUT2D eigenvalue weighted by atomic mass is 10.4. The van der Waals surface area contributed by atoms with Crippen molar-refractivity contribution in [2.45, 2.75) is 4.90 Å². The molecule has 0 bridgehead atoms. The average Bonchev–Trinajstić information content (AvgIpc) is 2.39. The van der Waals surface area contributed by atoms with E-state index in [1.54, 1.807) is 0 Å². The minimum atomic E-state index is -4.01. The van der Waals surface area contributed by atoms with Crippen molar-refractivity contribution >= 4 is 15.7 Å². The van der Waals surface area contributed by atoms with Gasteiger partial charge in [0, 0.05) is 0 Å². The summed E-state index contributed by atoms with van der Waals surface area (Å²) in [5.74, 6) is -0.829. The molecule has 1 aromatic carbocycles. The highest BCUT2D eigenvalue weighted by Crippen LogP contribution is 2.18. The average molecular weight is 283 g/mol. The summed E-state index contributed by atoms with van der Waals surface area (Å²) in [4.78, 5) is 7.05. The minimum Gasteiger partial charge on any atom is -0.467 e. The third kappa shape index (κ3) is 2.97. The Morgan fingerprint density at radius 1 is 1.21 bits per heavy atom. The van der Waals surface area contributed by atoms with Crippen molar-refractivity contribution < 1.29 is 17.5 Å². The molecular weight excluding hydrogens is 273 g/mol. The molecule has 0 spiro atoms. The molecule has 100 valence electrons. The summed E-state index contributed by atoms with van der Waals surface area (Å²) in [5, 5.41) is 0. The molecule has 6 nitrogen and oxygen atoms in total. The number of rotatable bonds is 4. The van der Waals surface area contributed by atoms with Crippen molar-refractivity contribution in [1.29, 1.82) is 0 Å². The second-order valence-corrected chi connectivity index (χ2v) is 5.15. The standard InChI is InChI=1S/C11H10FN3O3S/c1-18-11-13-6-8(7-14-11)15-19(16,17)10-5-3-2-4-9(10)12/h2-7,15H,1H3. The number of aromatic nitrogens is 2. The fourth-order valence-electron chi connectivity index (χ4n) is 1.35. The van der Waals surface area contributed by atoms with E-state index >= 15 is 0 Å². The molecule has 0 saturated carbocycles. The maximum absolute atomic E-state index is 13.4. The molecule has 0 atom stereocenters. The first kappa shape index (κ1) is 13.2. The van der Waals surface area contributed by atoms with Gasteiger partial charge < -0.3 is 4.74 Å². The molecule has 0 unspecified atom stereocenters. The largest absolute Gasteiger partial charge is 0.467 e. The van der Waals surface area contributed by atoms with E-state index in [4.69, 9.17) is 4.74 Å². The molecule has 1 heterocycles. The zero-order valence-electron chi connectivity index (χ0n) is 9.87. The number of methoxy groups -OCH3 is 1. The quantitative estimate of drug-likeness (QED) is 0.918. The molecule has 2 rings (SSSR count). The van der Waals surface area contributed by atoms with Gasteiger partial charge in [-0.1, -0.05) is 12.1 Å². The summed E-state index contributed by atoms with van der Waals surface area (Å²) in [7, 11) is -2.62. The van der Waals surface area contributed by atoms with Gasteiger partial charge in [0.1, 0.15) is 10.7 Å². The first-order valence-electron chi connectivity index (χ1n) is 5.16. The number of sulfonamides is 1. The molecule has 1 N–H and O–H groups in total. The minimum absolute atomic E-state index is 0.105. The van der Waals surface area contributed by atoms with E-state index in [2.05, 4.69) is 14.7 Å². The van der Waals surface area contributed by atoms with Crippen molar-refractivity contribution in [3.8, 4) is 6.01 Å². The highest BCUT2D eigenvalue weighted by Gasteiger charge is 2.18. The summed E-state index contributed by atoms with van der Waals surface area (Å²) in [5.41, 5.74) is 0.115. The van der Waals surface area contributed by atoms with Gasteiger partial charge in [-0.3, -0.25) is 4.72 Å². The first-order valence-corrected chi connectivity index (χ1v) is 6.64. The molecule has 0 aliphatic carbocycles. The Kier molecular flexibility index (Phi) is 3.61. The van der Waals surface area contributed by atoms with Gasteiger partial charge in [-0.15, -0.1) is 0 Å². The molecule has 2 aromatic rings. The topological polar surface area (TPSA) is 81.2 Å². The lowest BCUT2D eigenvalue weighted by molar-refractivity contribution is 0.380. The number of benzene rings is 1. The maximum atomic E-state index is 13.4. The Bertz CT molecular complexity index is 674. The molecule has 0 radical (unpaired) electrons. The van der Waals surface area contributed by atoms with Gasteiger partial charge in [-0.05, 0) is 12.1 Å². The number of nitrogens with one attached hydrogen (secondary N) is 1. The smallest absolute Gasteiger partial charge is 0.316 e. The Morgan fingerprint density at radius 2 is 1.84 bits per heavy atom. The van der Waals surface area contributed by atoms with Crippen LogP contribution in [-0.2, 0) is 10.0 Å². The van der Waals surface area contributed by atoms with Crippen LogP contribution in [0.15, 0.2) is 41.6 Å². The van der Waals surface area contributed by atoms with Crippen molar-refractivity contribution in [3.63, 3.8) is 0 Å². The molecule has 0 aliphatic heterocycles. The third-order valence-corrected chi connectivity index (χ3v) is 3.60. The molecule has 0 amide bonds. The highest BCUT2D eigenvalue weighted by molar-refractivity contribution is 7.92. The van der Waals surface area contributed by atoms with Crippen LogP contribution in [0.2, 0.25) is 0 Å².